The molecule has 284 valence electrons. The van der Waals surface area contributed by atoms with Gasteiger partial charge in [0.1, 0.15) is 23.9 Å². The van der Waals surface area contributed by atoms with Crippen molar-refractivity contribution in [2.24, 2.45) is 0 Å². The molecule has 0 bridgehead atoms. The number of pyridine rings is 1. The fraction of sp³-hybridized carbons (Fsp3) is 0.425. The number of nitrogens with zero attached hydrogens (tertiary/aromatic N) is 3. The molecule has 2 aromatic carbocycles. The van der Waals surface area contributed by atoms with E-state index in [1.54, 1.807) is 48.4 Å². The van der Waals surface area contributed by atoms with Gasteiger partial charge >= 0.3 is 13.5 Å². The lowest BCUT2D eigenvalue weighted by molar-refractivity contribution is -0.148. The minimum atomic E-state index is -3.68. The number of thiophene rings is 1. The van der Waals surface area contributed by atoms with Gasteiger partial charge in [-0.15, -0.1) is 11.3 Å². The molecule has 3 saturated heterocycles. The van der Waals surface area contributed by atoms with Gasteiger partial charge in [0.25, 0.3) is 5.91 Å². The van der Waals surface area contributed by atoms with Crippen LogP contribution in [0.25, 0.3) is 10.1 Å². The van der Waals surface area contributed by atoms with Gasteiger partial charge in [-0.1, -0.05) is 37.3 Å². The number of ether oxygens (including phenoxy) is 1. The zero-order chi connectivity index (χ0) is 37.8. The molecule has 5 heterocycles. The summed E-state index contributed by atoms with van der Waals surface area (Å²) in [6.07, 6.45) is 7.42. The molecule has 2 aromatic heterocycles. The predicted molar refractivity (Wildman–Crippen MR) is 206 cm³/mol. The monoisotopic (exact) mass is 771 g/mol. The van der Waals surface area contributed by atoms with E-state index >= 15 is 0 Å². The second-order valence-corrected chi connectivity index (χ2v) is 17.4. The lowest BCUT2D eigenvalue weighted by atomic mass is 9.92. The van der Waals surface area contributed by atoms with Crippen LogP contribution in [0.4, 0.5) is 0 Å². The summed E-state index contributed by atoms with van der Waals surface area (Å²) in [4.78, 5) is 62.3. The van der Waals surface area contributed by atoms with Crippen LogP contribution in [0.15, 0.2) is 79.1 Å². The highest BCUT2D eigenvalue weighted by Gasteiger charge is 2.47. The van der Waals surface area contributed by atoms with Crippen LogP contribution >= 0.6 is 18.9 Å². The molecule has 3 fully saturated rings. The maximum absolute atomic E-state index is 14.4. The number of hydrogen-bond donors (Lipinski definition) is 2. The number of benzene rings is 2. The lowest BCUT2D eigenvalue weighted by Crippen LogP contribution is -2.58. The molecule has 3 amide bonds. The highest BCUT2D eigenvalue weighted by atomic mass is 32.1. The minimum absolute atomic E-state index is 0.00673. The van der Waals surface area contributed by atoms with Gasteiger partial charge in [-0.25, -0.2) is 5.09 Å². The van der Waals surface area contributed by atoms with Gasteiger partial charge in [-0.2, -0.15) is 0 Å². The van der Waals surface area contributed by atoms with E-state index in [1.807, 2.05) is 54.4 Å². The van der Waals surface area contributed by atoms with Crippen molar-refractivity contribution < 1.29 is 33.0 Å². The molecule has 54 heavy (non-hydrogen) atoms. The first-order chi connectivity index (χ1) is 26.1. The molecule has 12 nitrogen and oxygen atoms in total. The summed E-state index contributed by atoms with van der Waals surface area (Å²) in [5.74, 6) is -0.401. The highest BCUT2D eigenvalue weighted by Crippen LogP contribution is 2.48. The van der Waals surface area contributed by atoms with Crippen LogP contribution in [-0.4, -0.2) is 82.3 Å². The minimum Gasteiger partial charge on any atom is -0.465 e. The first kappa shape index (κ1) is 37.7. The molecule has 0 spiro atoms. The summed E-state index contributed by atoms with van der Waals surface area (Å²) in [5, 5.41) is 6.75. The molecule has 5 atom stereocenters. The molecule has 2 N–H and O–H groups in total. The molecule has 1 unspecified atom stereocenters. The van der Waals surface area contributed by atoms with E-state index in [0.717, 1.165) is 34.9 Å². The smallest absolute Gasteiger partial charge is 0.323 e. The standard InChI is InChI=1S/C40H46N5O7PS/c1-3-32(40(49)51-4-2)43-53(50,52-31-12-6-5-7-13-31)25-26-15-18-35-28(20-26)21-36(54-35)37(46)42-33-14-8-11-30-16-17-34(45(30)38(33)47)39(48)44-23-29(24-44)27-10-9-19-41-22-27/h5-7,9-10,12-13,15,18-22,29-30,32-34H,3-4,8,11,14,16-17,23-25H2,1-2H3,(H,42,46)(H,43,50)/t30-,32-,33-,34-,53?/m0/s1. The lowest BCUT2D eigenvalue weighted by Gasteiger charge is -2.42. The summed E-state index contributed by atoms with van der Waals surface area (Å²) < 4.78 is 26.5. The summed E-state index contributed by atoms with van der Waals surface area (Å²) in [7, 11) is -3.68. The van der Waals surface area contributed by atoms with Crippen molar-refractivity contribution >= 4 is 52.6 Å². The largest absolute Gasteiger partial charge is 0.465 e. The molecule has 4 aromatic rings. The van der Waals surface area contributed by atoms with E-state index < -0.39 is 31.6 Å². The summed E-state index contributed by atoms with van der Waals surface area (Å²) in [6, 6.07) is 18.0. The Morgan fingerprint density at radius 1 is 1.00 bits per heavy atom. The number of hydrogen-bond acceptors (Lipinski definition) is 9. The highest BCUT2D eigenvalue weighted by molar-refractivity contribution is 7.56. The van der Waals surface area contributed by atoms with Crippen LogP contribution in [0.5, 0.6) is 5.75 Å². The topological polar surface area (TPSA) is 147 Å². The third-order valence-electron chi connectivity index (χ3n) is 10.5. The number of carbonyl (C=O) groups is 4. The fourth-order valence-electron chi connectivity index (χ4n) is 7.75. The van der Waals surface area contributed by atoms with Crippen molar-refractivity contribution in [1.82, 2.24) is 25.2 Å². The normalized spacial score (nSPS) is 21.7. The predicted octanol–water partition coefficient (Wildman–Crippen LogP) is 6.27. The van der Waals surface area contributed by atoms with Crippen molar-refractivity contribution in [3.8, 4) is 5.75 Å². The quantitative estimate of drug-likeness (QED) is 0.119. The second-order valence-electron chi connectivity index (χ2n) is 14.2. The molecular formula is C40H46N5O7PS. The van der Waals surface area contributed by atoms with Crippen molar-refractivity contribution in [2.45, 2.75) is 88.6 Å². The van der Waals surface area contributed by atoms with Gasteiger partial charge in [-0.3, -0.25) is 28.7 Å². The summed E-state index contributed by atoms with van der Waals surface area (Å²) >= 11 is 1.31. The van der Waals surface area contributed by atoms with Crippen LogP contribution < -0.4 is 14.9 Å². The first-order valence-corrected chi connectivity index (χ1v) is 21.4. The number of para-hydroxylation sites is 1. The Balaban J connectivity index is 1.03. The molecule has 7 rings (SSSR count). The van der Waals surface area contributed by atoms with E-state index in [2.05, 4.69) is 15.4 Å². The van der Waals surface area contributed by atoms with Crippen LogP contribution in [0.2, 0.25) is 0 Å². The Bertz CT molecular complexity index is 2040. The average Bonchev–Trinajstić information content (AvgIpc) is 3.74. The van der Waals surface area contributed by atoms with Crippen LogP contribution in [0.1, 0.15) is 79.1 Å². The molecule has 0 aliphatic carbocycles. The number of esters is 1. The van der Waals surface area contributed by atoms with Crippen molar-refractivity contribution in [1.29, 1.82) is 0 Å². The van der Waals surface area contributed by atoms with E-state index in [9.17, 15) is 23.7 Å². The van der Waals surface area contributed by atoms with Gasteiger partial charge in [0.2, 0.25) is 11.8 Å². The third kappa shape index (κ3) is 8.23. The number of rotatable bonds is 13. The Kier molecular flexibility index (Phi) is 11.5. The second kappa shape index (κ2) is 16.4. The van der Waals surface area contributed by atoms with Crippen LogP contribution in [0, 0.1) is 0 Å². The van der Waals surface area contributed by atoms with Gasteiger partial charge < -0.3 is 24.4 Å². The zero-order valence-corrected chi connectivity index (χ0v) is 32.2. The summed E-state index contributed by atoms with van der Waals surface area (Å²) in [6.45, 7) is 4.96. The number of likely N-dealkylation sites (tertiary alicyclic amines) is 1. The fourth-order valence-corrected chi connectivity index (χ4v) is 10.8. The Hall–Kier alpha value is -4.58. The zero-order valence-electron chi connectivity index (χ0n) is 30.5. The first-order valence-electron chi connectivity index (χ1n) is 18.8. The van der Waals surface area contributed by atoms with E-state index in [1.165, 1.54) is 11.3 Å². The number of aromatic nitrogens is 1. The average molecular weight is 772 g/mol. The van der Waals surface area contributed by atoms with Crippen LogP contribution in [-0.2, 0) is 29.8 Å². The maximum Gasteiger partial charge on any atom is 0.323 e. The number of fused-ring (bicyclic) bond motifs is 2. The van der Waals surface area contributed by atoms with E-state index in [-0.39, 0.29) is 42.5 Å². The van der Waals surface area contributed by atoms with Gasteiger partial charge in [0.15, 0.2) is 0 Å². The van der Waals surface area contributed by atoms with Crippen molar-refractivity contribution in [2.75, 3.05) is 19.7 Å². The molecule has 14 heteroatoms. The Morgan fingerprint density at radius 3 is 2.56 bits per heavy atom. The summed E-state index contributed by atoms with van der Waals surface area (Å²) in [5.41, 5.74) is 1.81. The van der Waals surface area contributed by atoms with Gasteiger partial charge in [0, 0.05) is 42.1 Å². The molecule has 0 radical (unpaired) electrons. The van der Waals surface area contributed by atoms with Crippen molar-refractivity contribution in [3.63, 3.8) is 0 Å². The van der Waals surface area contributed by atoms with E-state index in [4.69, 9.17) is 9.26 Å². The SMILES string of the molecule is CCOC(=O)[C@H](CC)NP(=O)(Cc1ccc2sc(C(=O)N[C@H]3CCC[C@H]4CC[C@@H](C(=O)N5CC(c6cccnc6)C5)N4C3=O)cc2c1)Oc1ccccc1. The number of amides is 3. The van der Waals surface area contributed by atoms with Crippen LogP contribution in [0.3, 0.4) is 0 Å². The van der Waals surface area contributed by atoms with Gasteiger partial charge in [0.05, 0.1) is 17.6 Å². The van der Waals surface area contributed by atoms with Crippen molar-refractivity contribution in [3.05, 3.63) is 95.1 Å². The van der Waals surface area contributed by atoms with Gasteiger partial charge in [-0.05, 0) is 98.4 Å². The molecular weight excluding hydrogens is 726 g/mol. The molecule has 3 aliphatic heterocycles. The molecule has 0 saturated carbocycles. The maximum atomic E-state index is 14.4. The number of carbonyl (C=O) groups excluding carboxylic acids is 4. The Morgan fingerprint density at radius 2 is 1.81 bits per heavy atom. The molecule has 3 aliphatic rings. The third-order valence-corrected chi connectivity index (χ3v) is 13.7. The number of nitrogens with one attached hydrogen (secondary N) is 2. The van der Waals surface area contributed by atoms with E-state index in [0.29, 0.717) is 48.5 Å². The Labute approximate surface area is 319 Å².